The van der Waals surface area contributed by atoms with Gasteiger partial charge in [0, 0.05) is 32.9 Å². The highest BCUT2D eigenvalue weighted by atomic mass is 16.5. The summed E-state index contributed by atoms with van der Waals surface area (Å²) in [4.78, 5) is 6.97. The molecule has 0 bridgehead atoms. The molecule has 5 heteroatoms. The lowest BCUT2D eigenvalue weighted by Crippen LogP contribution is -2.38. The zero-order valence-electron chi connectivity index (χ0n) is 13.7. The van der Waals surface area contributed by atoms with Crippen molar-refractivity contribution in [3.63, 3.8) is 0 Å². The molecule has 3 heterocycles. The number of aryl methyl sites for hydroxylation is 1. The molecule has 0 unspecified atom stereocenters. The Bertz CT molecular complexity index is 650. The second kappa shape index (κ2) is 6.42. The van der Waals surface area contributed by atoms with Gasteiger partial charge in [-0.1, -0.05) is 6.07 Å². The molecular weight excluding hydrogens is 288 g/mol. The molecule has 122 valence electrons. The Morgan fingerprint density at radius 3 is 2.96 bits per heavy atom. The van der Waals surface area contributed by atoms with E-state index in [0.717, 1.165) is 44.3 Å². The Morgan fingerprint density at radius 1 is 1.26 bits per heavy atom. The first-order chi connectivity index (χ1) is 11.3. The summed E-state index contributed by atoms with van der Waals surface area (Å²) in [7, 11) is 2.04. The van der Waals surface area contributed by atoms with Gasteiger partial charge in [-0.2, -0.15) is 5.10 Å². The van der Waals surface area contributed by atoms with Crippen LogP contribution in [0.25, 0.3) is 0 Å². The summed E-state index contributed by atoms with van der Waals surface area (Å²) in [6, 6.07) is 6.39. The molecule has 0 radical (unpaired) electrons. The zero-order valence-corrected chi connectivity index (χ0v) is 13.7. The number of nitrogens with zero attached hydrogens (tertiary/aromatic N) is 4. The Balaban J connectivity index is 1.52. The zero-order chi connectivity index (χ0) is 15.6. The Morgan fingerprint density at radius 2 is 2.17 bits per heavy atom. The van der Waals surface area contributed by atoms with E-state index in [4.69, 9.17) is 4.74 Å². The van der Waals surface area contributed by atoms with E-state index in [2.05, 4.69) is 27.1 Å². The Hall–Kier alpha value is -1.72. The van der Waals surface area contributed by atoms with Gasteiger partial charge in [0.15, 0.2) is 0 Å². The van der Waals surface area contributed by atoms with E-state index >= 15 is 0 Å². The molecular formula is C18H24N4O. The molecule has 2 aromatic heterocycles. The predicted molar refractivity (Wildman–Crippen MR) is 87.8 cm³/mol. The predicted octanol–water partition coefficient (Wildman–Crippen LogP) is 2.34. The lowest BCUT2D eigenvalue weighted by atomic mass is 10.00. The van der Waals surface area contributed by atoms with Crippen LogP contribution in [0.3, 0.4) is 0 Å². The molecule has 5 nitrogen and oxygen atoms in total. The van der Waals surface area contributed by atoms with Gasteiger partial charge in [0.1, 0.15) is 0 Å². The molecule has 0 aromatic carbocycles. The van der Waals surface area contributed by atoms with Crippen molar-refractivity contribution in [3.05, 3.63) is 47.5 Å². The fourth-order valence-corrected chi connectivity index (χ4v) is 3.41. The normalized spacial score (nSPS) is 21.3. The Kier molecular flexibility index (Phi) is 4.14. The highest BCUT2D eigenvalue weighted by molar-refractivity contribution is 5.25. The van der Waals surface area contributed by atoms with Crippen LogP contribution in [0, 0.1) is 5.92 Å². The lowest BCUT2D eigenvalue weighted by Gasteiger charge is -2.35. The molecule has 4 rings (SSSR count). The van der Waals surface area contributed by atoms with Gasteiger partial charge in [-0.15, -0.1) is 0 Å². The van der Waals surface area contributed by atoms with Crippen LogP contribution in [-0.2, 0) is 24.8 Å². The molecule has 1 fully saturated rings. The SMILES string of the molecule is Cn1ncc2c1[C@H](COCC1CC1)N(Cc1ccccn1)CC2. The van der Waals surface area contributed by atoms with Crippen molar-refractivity contribution in [2.24, 2.45) is 13.0 Å². The molecule has 0 saturated heterocycles. The Labute approximate surface area is 137 Å². The summed E-state index contributed by atoms with van der Waals surface area (Å²) in [6.45, 7) is 3.55. The molecule has 0 amide bonds. The quantitative estimate of drug-likeness (QED) is 0.821. The van der Waals surface area contributed by atoms with Crippen molar-refractivity contribution in [1.82, 2.24) is 19.7 Å². The summed E-state index contributed by atoms with van der Waals surface area (Å²) in [5.41, 5.74) is 3.79. The third-order valence-corrected chi connectivity index (χ3v) is 4.91. The van der Waals surface area contributed by atoms with Gasteiger partial charge in [-0.05, 0) is 42.9 Å². The molecule has 2 aromatic rings. The number of aromatic nitrogens is 3. The van der Waals surface area contributed by atoms with Gasteiger partial charge < -0.3 is 4.74 Å². The van der Waals surface area contributed by atoms with Crippen molar-refractivity contribution in [2.75, 3.05) is 19.8 Å². The first-order valence-corrected chi connectivity index (χ1v) is 8.53. The average molecular weight is 312 g/mol. The third-order valence-electron chi connectivity index (χ3n) is 4.91. The molecule has 2 aliphatic rings. The van der Waals surface area contributed by atoms with Gasteiger partial charge in [0.25, 0.3) is 0 Å². The minimum Gasteiger partial charge on any atom is -0.379 e. The van der Waals surface area contributed by atoms with Gasteiger partial charge >= 0.3 is 0 Å². The molecule has 1 aliphatic carbocycles. The fourth-order valence-electron chi connectivity index (χ4n) is 3.41. The smallest absolute Gasteiger partial charge is 0.0760 e. The highest BCUT2D eigenvalue weighted by Crippen LogP contribution is 2.32. The van der Waals surface area contributed by atoms with Crippen LogP contribution >= 0.6 is 0 Å². The van der Waals surface area contributed by atoms with Crippen molar-refractivity contribution in [3.8, 4) is 0 Å². The van der Waals surface area contributed by atoms with Gasteiger partial charge in [-0.3, -0.25) is 14.6 Å². The minimum absolute atomic E-state index is 0.270. The van der Waals surface area contributed by atoms with E-state index in [9.17, 15) is 0 Å². The van der Waals surface area contributed by atoms with E-state index in [0.29, 0.717) is 0 Å². The lowest BCUT2D eigenvalue weighted by molar-refractivity contribution is 0.0407. The minimum atomic E-state index is 0.270. The number of pyridine rings is 1. The summed E-state index contributed by atoms with van der Waals surface area (Å²) in [5.74, 6) is 0.800. The summed E-state index contributed by atoms with van der Waals surface area (Å²) >= 11 is 0. The van der Waals surface area contributed by atoms with Crippen LogP contribution in [0.2, 0.25) is 0 Å². The van der Waals surface area contributed by atoms with E-state index in [1.807, 2.05) is 30.2 Å². The van der Waals surface area contributed by atoms with Crippen LogP contribution in [0.5, 0.6) is 0 Å². The van der Waals surface area contributed by atoms with Crippen molar-refractivity contribution in [2.45, 2.75) is 31.8 Å². The van der Waals surface area contributed by atoms with Crippen LogP contribution in [-0.4, -0.2) is 39.4 Å². The van der Waals surface area contributed by atoms with E-state index in [-0.39, 0.29) is 6.04 Å². The van der Waals surface area contributed by atoms with E-state index in [1.165, 1.54) is 24.1 Å². The summed E-state index contributed by atoms with van der Waals surface area (Å²) in [5, 5.41) is 4.46. The van der Waals surface area contributed by atoms with Crippen LogP contribution < -0.4 is 0 Å². The first-order valence-electron chi connectivity index (χ1n) is 8.53. The number of ether oxygens (including phenoxy) is 1. The second-order valence-corrected chi connectivity index (χ2v) is 6.72. The highest BCUT2D eigenvalue weighted by Gasteiger charge is 2.31. The molecule has 1 atom stereocenters. The maximum absolute atomic E-state index is 6.04. The van der Waals surface area contributed by atoms with Gasteiger partial charge in [-0.25, -0.2) is 0 Å². The second-order valence-electron chi connectivity index (χ2n) is 6.72. The number of hydrogen-bond acceptors (Lipinski definition) is 4. The monoisotopic (exact) mass is 312 g/mol. The van der Waals surface area contributed by atoms with Crippen LogP contribution in [0.15, 0.2) is 30.6 Å². The van der Waals surface area contributed by atoms with Gasteiger partial charge in [0.2, 0.25) is 0 Å². The van der Waals surface area contributed by atoms with Crippen molar-refractivity contribution < 1.29 is 4.74 Å². The van der Waals surface area contributed by atoms with Crippen molar-refractivity contribution in [1.29, 1.82) is 0 Å². The fraction of sp³-hybridized carbons (Fsp3) is 0.556. The molecule has 23 heavy (non-hydrogen) atoms. The maximum Gasteiger partial charge on any atom is 0.0760 e. The van der Waals surface area contributed by atoms with Crippen LogP contribution in [0.1, 0.15) is 35.8 Å². The molecule has 1 saturated carbocycles. The molecule has 1 aliphatic heterocycles. The molecule has 0 N–H and O–H groups in total. The molecule has 0 spiro atoms. The summed E-state index contributed by atoms with van der Waals surface area (Å²) < 4.78 is 8.06. The summed E-state index contributed by atoms with van der Waals surface area (Å²) in [6.07, 6.45) is 7.60. The third kappa shape index (κ3) is 3.31. The first kappa shape index (κ1) is 14.8. The topological polar surface area (TPSA) is 43.2 Å². The number of hydrogen-bond donors (Lipinski definition) is 0. The average Bonchev–Trinajstić information content (AvgIpc) is 3.32. The maximum atomic E-state index is 6.04. The van der Waals surface area contributed by atoms with Crippen LogP contribution in [0.4, 0.5) is 0 Å². The van der Waals surface area contributed by atoms with E-state index in [1.54, 1.807) is 0 Å². The van der Waals surface area contributed by atoms with E-state index < -0.39 is 0 Å². The largest absolute Gasteiger partial charge is 0.379 e. The number of fused-ring (bicyclic) bond motifs is 1. The van der Waals surface area contributed by atoms with Gasteiger partial charge in [0.05, 0.1) is 30.2 Å². The number of rotatable bonds is 6. The van der Waals surface area contributed by atoms with Crippen molar-refractivity contribution >= 4 is 0 Å². The standard InChI is InChI=1S/C18H24N4O/c1-21-18-15(10-20-21)7-9-22(11-16-4-2-3-8-19-16)17(18)13-23-12-14-5-6-14/h2-4,8,10,14,17H,5-7,9,11-13H2,1H3/t17-/m0/s1.